The number of benzene rings is 3. The van der Waals surface area contributed by atoms with Gasteiger partial charge in [-0.1, -0.05) is 42.5 Å². The van der Waals surface area contributed by atoms with E-state index in [2.05, 4.69) is 10.4 Å². The van der Waals surface area contributed by atoms with E-state index >= 15 is 0 Å². The van der Waals surface area contributed by atoms with E-state index in [1.807, 2.05) is 12.1 Å². The summed E-state index contributed by atoms with van der Waals surface area (Å²) < 4.78 is 30.4. The minimum absolute atomic E-state index is 0.161. The molecule has 3 aromatic rings. The average Bonchev–Trinajstić information content (AvgIpc) is 3.41. The molecule has 204 valence electrons. The summed E-state index contributed by atoms with van der Waals surface area (Å²) in [5.74, 6) is 0.316. The summed E-state index contributed by atoms with van der Waals surface area (Å²) in [5, 5.41) is 8.68. The zero-order chi connectivity index (χ0) is 27.8. The highest BCUT2D eigenvalue weighted by molar-refractivity contribution is 6.03. The van der Waals surface area contributed by atoms with Crippen molar-refractivity contribution < 1.29 is 28.2 Å². The fourth-order valence-corrected chi connectivity index (χ4v) is 4.32. The Morgan fingerprint density at radius 1 is 1.00 bits per heavy atom. The number of anilines is 1. The van der Waals surface area contributed by atoms with Crippen LogP contribution in [0.4, 0.5) is 14.9 Å². The molecular formula is C29H31FN4O5. The molecule has 39 heavy (non-hydrogen) atoms. The molecular weight excluding hydrogens is 503 g/mol. The van der Waals surface area contributed by atoms with Crippen molar-refractivity contribution in [3.05, 3.63) is 89.7 Å². The molecule has 1 aliphatic rings. The fraction of sp³-hybridized carbons (Fsp3) is 0.276. The van der Waals surface area contributed by atoms with E-state index in [4.69, 9.17) is 14.2 Å². The molecule has 10 heteroatoms. The van der Waals surface area contributed by atoms with Crippen LogP contribution in [0.25, 0.3) is 0 Å². The molecule has 3 amide bonds. The lowest BCUT2D eigenvalue weighted by molar-refractivity contribution is -0.133. The van der Waals surface area contributed by atoms with Gasteiger partial charge in [-0.2, -0.15) is 5.10 Å². The molecule has 9 nitrogen and oxygen atoms in total. The van der Waals surface area contributed by atoms with Crippen molar-refractivity contribution in [1.82, 2.24) is 9.91 Å². The van der Waals surface area contributed by atoms with Crippen LogP contribution in [-0.2, 0) is 9.53 Å². The van der Waals surface area contributed by atoms with Gasteiger partial charge in [-0.25, -0.2) is 14.2 Å². The number of hydrogen-bond donors (Lipinski definition) is 1. The molecule has 4 rings (SSSR count). The van der Waals surface area contributed by atoms with Crippen LogP contribution in [0.15, 0.2) is 77.9 Å². The van der Waals surface area contributed by atoms with E-state index in [-0.39, 0.29) is 19.7 Å². The molecule has 1 N–H and O–H groups in total. The zero-order valence-electron chi connectivity index (χ0n) is 22.1. The predicted molar refractivity (Wildman–Crippen MR) is 146 cm³/mol. The third kappa shape index (κ3) is 6.53. The minimum Gasteiger partial charge on any atom is -0.497 e. The maximum absolute atomic E-state index is 14.6. The summed E-state index contributed by atoms with van der Waals surface area (Å²) in [7, 11) is 4.60. The molecule has 0 spiro atoms. The van der Waals surface area contributed by atoms with Gasteiger partial charge in [0, 0.05) is 25.6 Å². The van der Waals surface area contributed by atoms with E-state index in [0.29, 0.717) is 34.9 Å². The number of nitrogens with one attached hydrogen (secondary N) is 1. The monoisotopic (exact) mass is 534 g/mol. The third-order valence-electron chi connectivity index (χ3n) is 6.38. The highest BCUT2D eigenvalue weighted by Crippen LogP contribution is 2.34. The number of urea groups is 1. The van der Waals surface area contributed by atoms with E-state index in [9.17, 15) is 14.0 Å². The van der Waals surface area contributed by atoms with Gasteiger partial charge in [-0.3, -0.25) is 4.79 Å². The van der Waals surface area contributed by atoms with Gasteiger partial charge in [0.15, 0.2) is 0 Å². The molecule has 1 heterocycles. The Labute approximate surface area is 226 Å². The van der Waals surface area contributed by atoms with Gasteiger partial charge >= 0.3 is 6.03 Å². The Morgan fingerprint density at radius 3 is 2.41 bits per heavy atom. The number of methoxy groups -OCH3 is 3. The molecule has 3 aromatic carbocycles. The first-order valence-electron chi connectivity index (χ1n) is 12.4. The van der Waals surface area contributed by atoms with Gasteiger partial charge in [-0.15, -0.1) is 0 Å². The molecule has 1 aliphatic heterocycles. The van der Waals surface area contributed by atoms with Crippen molar-refractivity contribution >= 4 is 23.3 Å². The lowest BCUT2D eigenvalue weighted by Gasteiger charge is -2.27. The third-order valence-corrected chi connectivity index (χ3v) is 6.38. The number of carbonyl (C=O) groups excluding carboxylic acids is 2. The Hall–Kier alpha value is -4.44. The Bertz CT molecular complexity index is 1330. The first kappa shape index (κ1) is 27.6. The number of amides is 3. The van der Waals surface area contributed by atoms with Crippen molar-refractivity contribution in [2.75, 3.05) is 46.3 Å². The SMILES string of the molecule is COCCN(CC(=O)N1N=C(c2ccccc2F)C[C@H]1c1ccc(OC)cc1)C(=O)Nc1ccccc1OC. The number of ether oxygens (including phenoxy) is 3. The van der Waals surface area contributed by atoms with Crippen LogP contribution in [0, 0.1) is 5.82 Å². The normalized spacial score (nSPS) is 14.5. The van der Waals surface area contributed by atoms with Gasteiger partial charge in [-0.05, 0) is 35.9 Å². The standard InChI is InChI=1S/C29H31FN4O5/c1-37-17-16-33(29(36)31-24-10-6-7-11-27(24)39-3)19-28(35)34-26(20-12-14-21(38-2)15-13-20)18-25(32-34)22-8-4-5-9-23(22)30/h4-15,26H,16-19H2,1-3H3,(H,31,36)/t26-/m0/s1. The predicted octanol–water partition coefficient (Wildman–Crippen LogP) is 4.70. The number of carbonyl (C=O) groups is 2. The topological polar surface area (TPSA) is 92.7 Å². The lowest BCUT2D eigenvalue weighted by Crippen LogP contribution is -2.44. The highest BCUT2D eigenvalue weighted by Gasteiger charge is 2.35. The van der Waals surface area contributed by atoms with Crippen molar-refractivity contribution in [2.24, 2.45) is 5.10 Å². The molecule has 0 saturated carbocycles. The Kier molecular flexibility index (Phi) is 9.11. The maximum Gasteiger partial charge on any atom is 0.322 e. The second-order valence-corrected chi connectivity index (χ2v) is 8.80. The molecule has 1 atom stereocenters. The summed E-state index contributed by atoms with van der Waals surface area (Å²) in [5.41, 5.74) is 2.05. The first-order valence-corrected chi connectivity index (χ1v) is 12.4. The zero-order valence-corrected chi connectivity index (χ0v) is 22.1. The second kappa shape index (κ2) is 12.9. The fourth-order valence-electron chi connectivity index (χ4n) is 4.32. The van der Waals surface area contributed by atoms with Crippen LogP contribution in [-0.4, -0.2) is 68.6 Å². The summed E-state index contributed by atoms with van der Waals surface area (Å²) in [6.45, 7) is 0.109. The number of hydrogen-bond acceptors (Lipinski definition) is 6. The van der Waals surface area contributed by atoms with Crippen LogP contribution in [0.3, 0.4) is 0 Å². The van der Waals surface area contributed by atoms with Crippen molar-refractivity contribution in [3.8, 4) is 11.5 Å². The molecule has 0 radical (unpaired) electrons. The maximum atomic E-state index is 14.6. The van der Waals surface area contributed by atoms with E-state index in [1.54, 1.807) is 61.7 Å². The summed E-state index contributed by atoms with van der Waals surface area (Å²) in [6.07, 6.45) is 0.310. The average molecular weight is 535 g/mol. The quantitative estimate of drug-likeness (QED) is 0.407. The Morgan fingerprint density at radius 2 is 1.72 bits per heavy atom. The highest BCUT2D eigenvalue weighted by atomic mass is 19.1. The molecule has 0 saturated heterocycles. The van der Waals surface area contributed by atoms with E-state index in [1.165, 1.54) is 30.2 Å². The van der Waals surface area contributed by atoms with Crippen LogP contribution in [0.2, 0.25) is 0 Å². The number of rotatable bonds is 10. The largest absolute Gasteiger partial charge is 0.497 e. The van der Waals surface area contributed by atoms with Gasteiger partial charge in [0.1, 0.15) is 23.9 Å². The van der Waals surface area contributed by atoms with E-state index < -0.39 is 23.8 Å². The minimum atomic E-state index is -0.497. The number of hydrazone groups is 1. The summed E-state index contributed by atoms with van der Waals surface area (Å²) >= 11 is 0. The number of halogens is 1. The van der Waals surface area contributed by atoms with Crippen LogP contribution < -0.4 is 14.8 Å². The molecule has 0 fully saturated rings. The molecule has 0 bridgehead atoms. The molecule has 0 aliphatic carbocycles. The van der Waals surface area contributed by atoms with Gasteiger partial charge in [0.25, 0.3) is 5.91 Å². The molecule has 0 unspecified atom stereocenters. The smallest absolute Gasteiger partial charge is 0.322 e. The van der Waals surface area contributed by atoms with Crippen LogP contribution in [0.5, 0.6) is 11.5 Å². The van der Waals surface area contributed by atoms with Gasteiger partial charge in [0.05, 0.1) is 38.3 Å². The van der Waals surface area contributed by atoms with E-state index in [0.717, 1.165) is 5.56 Å². The summed E-state index contributed by atoms with van der Waals surface area (Å²) in [4.78, 5) is 28.3. The van der Waals surface area contributed by atoms with Crippen molar-refractivity contribution in [2.45, 2.75) is 12.5 Å². The first-order chi connectivity index (χ1) is 18.9. The van der Waals surface area contributed by atoms with Crippen LogP contribution >= 0.6 is 0 Å². The Balaban J connectivity index is 1.60. The van der Waals surface area contributed by atoms with Crippen molar-refractivity contribution in [3.63, 3.8) is 0 Å². The molecule has 0 aromatic heterocycles. The second-order valence-electron chi connectivity index (χ2n) is 8.80. The number of para-hydroxylation sites is 2. The van der Waals surface area contributed by atoms with Crippen molar-refractivity contribution in [1.29, 1.82) is 0 Å². The lowest BCUT2D eigenvalue weighted by atomic mass is 9.98. The number of nitrogens with zero attached hydrogens (tertiary/aromatic N) is 3. The van der Waals surface area contributed by atoms with Gasteiger partial charge < -0.3 is 24.4 Å². The van der Waals surface area contributed by atoms with Gasteiger partial charge in [0.2, 0.25) is 0 Å². The summed E-state index contributed by atoms with van der Waals surface area (Å²) in [6, 6.07) is 19.6. The van der Waals surface area contributed by atoms with Crippen LogP contribution in [0.1, 0.15) is 23.6 Å².